The molecule has 0 spiro atoms. The Balaban J connectivity index is 1.01. The van der Waals surface area contributed by atoms with Gasteiger partial charge in [0, 0.05) is 69.6 Å². The lowest BCUT2D eigenvalue weighted by Crippen LogP contribution is -2.39. The zero-order chi connectivity index (χ0) is 33.6. The number of hydrogen-bond acceptors (Lipinski definition) is 8. The van der Waals surface area contributed by atoms with Crippen LogP contribution in [0.3, 0.4) is 0 Å². The van der Waals surface area contributed by atoms with Crippen molar-refractivity contribution in [2.45, 2.75) is 6.42 Å². The lowest BCUT2D eigenvalue weighted by Gasteiger charge is -2.28. The highest BCUT2D eigenvalue weighted by Gasteiger charge is 2.18. The van der Waals surface area contributed by atoms with E-state index < -0.39 is 0 Å². The molecule has 0 saturated carbocycles. The topological polar surface area (TPSA) is 163 Å². The van der Waals surface area contributed by atoms with Gasteiger partial charge in [-0.2, -0.15) is 11.8 Å². The average molecular weight is 666 g/mol. The largest absolute Gasteiger partial charge is 0.359 e. The molecular weight excluding hydrogens is 631 g/mol. The summed E-state index contributed by atoms with van der Waals surface area (Å²) in [5.74, 6) is 1.59. The molecule has 1 saturated heterocycles. The zero-order valence-corrected chi connectivity index (χ0v) is 27.3. The van der Waals surface area contributed by atoms with E-state index in [0.29, 0.717) is 58.2 Å². The van der Waals surface area contributed by atoms with Gasteiger partial charge in [-0.15, -0.1) is 0 Å². The van der Waals surface area contributed by atoms with Gasteiger partial charge >= 0.3 is 0 Å². The standard InChI is InChI=1S/C34H35N9O4S/c1-41-21-26(18-29(41)33(45)36-12-11-31(35)43-13-15-48-16-14-43)38-34(46)30-19-25(20-42(30)2)37-32(44)24-8-5-22(6-9-24)3-4-23-7-10-27-28(17-23)40-47-39-27/h3-10,17-21,35H,11-16H2,1-2H3,(H,36,45)(H,37,44)(H,38,46)/b4-3+,35-31?. The smallest absolute Gasteiger partial charge is 0.272 e. The number of hydrogen-bond donors (Lipinski definition) is 4. The highest BCUT2D eigenvalue weighted by atomic mass is 32.2. The Kier molecular flexibility index (Phi) is 9.71. The molecule has 13 nitrogen and oxygen atoms in total. The summed E-state index contributed by atoms with van der Waals surface area (Å²) in [6.45, 7) is 2.08. The Hall–Kier alpha value is -5.63. The van der Waals surface area contributed by atoms with Crippen LogP contribution in [0.1, 0.15) is 48.9 Å². The quantitative estimate of drug-likeness (QED) is 0.0946. The molecule has 0 radical (unpaired) electrons. The van der Waals surface area contributed by atoms with E-state index in [-0.39, 0.29) is 17.7 Å². The number of amidine groups is 1. The first-order valence-corrected chi connectivity index (χ1v) is 16.5. The number of rotatable bonds is 10. The number of carbonyl (C=O) groups is 3. The van der Waals surface area contributed by atoms with Crippen LogP contribution in [0.25, 0.3) is 23.2 Å². The van der Waals surface area contributed by atoms with Gasteiger partial charge in [-0.3, -0.25) is 19.8 Å². The lowest BCUT2D eigenvalue weighted by atomic mass is 10.1. The van der Waals surface area contributed by atoms with Gasteiger partial charge < -0.3 is 30.0 Å². The predicted octanol–water partition coefficient (Wildman–Crippen LogP) is 4.72. The zero-order valence-electron chi connectivity index (χ0n) is 26.5. The Morgan fingerprint density at radius 2 is 1.42 bits per heavy atom. The van der Waals surface area contributed by atoms with Crippen LogP contribution in [-0.4, -0.2) is 79.0 Å². The van der Waals surface area contributed by atoms with Crippen LogP contribution in [0.4, 0.5) is 11.4 Å². The fraction of sp³-hybridized carbons (Fsp3) is 0.235. The second-order valence-electron chi connectivity index (χ2n) is 11.4. The second kappa shape index (κ2) is 14.4. The molecule has 3 amide bonds. The number of aromatic nitrogens is 4. The van der Waals surface area contributed by atoms with Crippen molar-refractivity contribution in [2.75, 3.05) is 41.8 Å². The maximum absolute atomic E-state index is 13.1. The van der Waals surface area contributed by atoms with Crippen molar-refractivity contribution in [3.8, 4) is 0 Å². The maximum Gasteiger partial charge on any atom is 0.272 e. The summed E-state index contributed by atoms with van der Waals surface area (Å²) in [7, 11) is 3.45. The Bertz CT molecular complexity index is 2000. The van der Waals surface area contributed by atoms with E-state index in [0.717, 1.165) is 35.7 Å². The van der Waals surface area contributed by atoms with E-state index in [2.05, 4.69) is 31.2 Å². The number of anilines is 2. The lowest BCUT2D eigenvalue weighted by molar-refractivity contribution is 0.0944. The van der Waals surface area contributed by atoms with Gasteiger partial charge in [0.05, 0.1) is 17.2 Å². The molecule has 1 fully saturated rings. The number of thioether (sulfide) groups is 1. The van der Waals surface area contributed by atoms with E-state index in [1.165, 1.54) is 0 Å². The van der Waals surface area contributed by atoms with Crippen LogP contribution in [-0.2, 0) is 14.1 Å². The molecule has 14 heteroatoms. The highest BCUT2D eigenvalue weighted by Crippen LogP contribution is 2.19. The molecule has 1 aliphatic rings. The number of nitrogens with one attached hydrogen (secondary N) is 4. The van der Waals surface area contributed by atoms with Crippen LogP contribution in [0.2, 0.25) is 0 Å². The van der Waals surface area contributed by atoms with Gasteiger partial charge in [0.2, 0.25) is 0 Å². The van der Waals surface area contributed by atoms with Gasteiger partial charge in [0.1, 0.15) is 22.4 Å². The number of amides is 3. The monoisotopic (exact) mass is 665 g/mol. The fourth-order valence-electron chi connectivity index (χ4n) is 5.33. The van der Waals surface area contributed by atoms with Gasteiger partial charge in [0.15, 0.2) is 0 Å². The predicted molar refractivity (Wildman–Crippen MR) is 187 cm³/mol. The van der Waals surface area contributed by atoms with Crippen molar-refractivity contribution in [1.82, 2.24) is 29.7 Å². The fourth-order valence-corrected chi connectivity index (χ4v) is 6.24. The van der Waals surface area contributed by atoms with Gasteiger partial charge in [-0.25, -0.2) is 4.63 Å². The Morgan fingerprint density at radius 1 is 0.812 bits per heavy atom. The SMILES string of the molecule is Cn1cc(NC(=O)c2cc(NC(=O)c3ccc(/C=C/c4ccc5nonc5c4)cc3)cn2C)cc1C(=O)NCCC(=N)N1CCSCC1. The molecule has 0 unspecified atom stereocenters. The highest BCUT2D eigenvalue weighted by molar-refractivity contribution is 7.99. The normalized spacial score (nSPS) is 13.2. The van der Waals surface area contributed by atoms with Crippen molar-refractivity contribution < 1.29 is 19.0 Å². The number of aryl methyl sites for hydroxylation is 2. The molecule has 2 aromatic carbocycles. The van der Waals surface area contributed by atoms with Gasteiger partial charge in [-0.05, 0) is 57.8 Å². The average Bonchev–Trinajstić information content (AvgIpc) is 3.81. The summed E-state index contributed by atoms with van der Waals surface area (Å²) >= 11 is 1.89. The summed E-state index contributed by atoms with van der Waals surface area (Å²) in [5, 5.41) is 24.5. The third kappa shape index (κ3) is 7.66. The summed E-state index contributed by atoms with van der Waals surface area (Å²) in [5.41, 5.74) is 5.34. The third-order valence-electron chi connectivity index (χ3n) is 7.95. The summed E-state index contributed by atoms with van der Waals surface area (Å²) in [6, 6.07) is 16.0. The molecule has 1 aliphatic heterocycles. The molecule has 6 rings (SSSR count). The number of carbonyl (C=O) groups excluding carboxylic acids is 3. The van der Waals surface area contributed by atoms with Crippen LogP contribution in [0.5, 0.6) is 0 Å². The minimum Gasteiger partial charge on any atom is -0.359 e. The van der Waals surface area contributed by atoms with Crippen molar-refractivity contribution in [3.63, 3.8) is 0 Å². The third-order valence-corrected chi connectivity index (χ3v) is 8.89. The number of benzene rings is 2. The van der Waals surface area contributed by atoms with Gasteiger partial charge in [-0.1, -0.05) is 30.4 Å². The van der Waals surface area contributed by atoms with Crippen LogP contribution in [0.15, 0.2) is 71.6 Å². The van der Waals surface area contributed by atoms with Gasteiger partial charge in [0.25, 0.3) is 17.7 Å². The molecule has 4 heterocycles. The van der Waals surface area contributed by atoms with Crippen LogP contribution < -0.4 is 16.0 Å². The van der Waals surface area contributed by atoms with E-state index in [9.17, 15) is 14.4 Å². The molecule has 0 bridgehead atoms. The summed E-state index contributed by atoms with van der Waals surface area (Å²) in [4.78, 5) is 41.0. The van der Waals surface area contributed by atoms with Crippen LogP contribution >= 0.6 is 11.8 Å². The van der Waals surface area contributed by atoms with E-state index in [1.807, 2.05) is 54.2 Å². The van der Waals surface area contributed by atoms with Crippen LogP contribution in [0, 0.1) is 5.41 Å². The molecule has 48 heavy (non-hydrogen) atoms. The molecule has 4 N–H and O–H groups in total. The maximum atomic E-state index is 13.1. The van der Waals surface area contributed by atoms with E-state index in [1.54, 1.807) is 59.9 Å². The molecular formula is C34H35N9O4S. The molecule has 5 aromatic rings. The first kappa shape index (κ1) is 32.3. The summed E-state index contributed by atoms with van der Waals surface area (Å²) in [6.07, 6.45) is 7.66. The van der Waals surface area contributed by atoms with E-state index >= 15 is 0 Å². The number of nitrogens with zero attached hydrogens (tertiary/aromatic N) is 5. The van der Waals surface area contributed by atoms with Crippen molar-refractivity contribution in [2.24, 2.45) is 14.1 Å². The molecule has 3 aromatic heterocycles. The minimum atomic E-state index is -0.390. The first-order chi connectivity index (χ1) is 23.2. The molecule has 0 aliphatic carbocycles. The van der Waals surface area contributed by atoms with Crippen molar-refractivity contribution >= 4 is 69.9 Å². The Labute approximate surface area is 280 Å². The molecule has 0 atom stereocenters. The Morgan fingerprint density at radius 3 is 2.12 bits per heavy atom. The number of fused-ring (bicyclic) bond motifs is 1. The summed E-state index contributed by atoms with van der Waals surface area (Å²) < 4.78 is 8.01. The van der Waals surface area contributed by atoms with E-state index in [4.69, 9.17) is 10.0 Å². The van der Waals surface area contributed by atoms with Crippen molar-refractivity contribution in [3.05, 3.63) is 95.1 Å². The van der Waals surface area contributed by atoms with Crippen molar-refractivity contribution in [1.29, 1.82) is 5.41 Å². The second-order valence-corrected chi connectivity index (χ2v) is 12.6. The first-order valence-electron chi connectivity index (χ1n) is 15.4. The molecule has 246 valence electrons. The minimum absolute atomic E-state index is 0.282.